The standard InChI is InChI=1S/C14H20N2O.ClH/c1-3-11-6-4-5-7-13(11)14(17)16(2)12-8-9-15-10-12;/h4-7,12,15H,3,8-10H2,1-2H3;1H. The Labute approximate surface area is 115 Å². The van der Waals surface area contributed by atoms with Crippen LogP contribution in [-0.4, -0.2) is 37.0 Å². The molecule has 1 amide bonds. The van der Waals surface area contributed by atoms with E-state index in [9.17, 15) is 4.79 Å². The van der Waals surface area contributed by atoms with Crippen LogP contribution in [0.5, 0.6) is 0 Å². The van der Waals surface area contributed by atoms with Crippen LogP contribution in [0.25, 0.3) is 0 Å². The van der Waals surface area contributed by atoms with Gasteiger partial charge in [-0.25, -0.2) is 0 Å². The number of nitrogens with zero attached hydrogens (tertiary/aromatic N) is 1. The van der Waals surface area contributed by atoms with Gasteiger partial charge in [0.15, 0.2) is 0 Å². The van der Waals surface area contributed by atoms with Crippen LogP contribution in [-0.2, 0) is 6.42 Å². The number of hydrogen-bond donors (Lipinski definition) is 1. The summed E-state index contributed by atoms with van der Waals surface area (Å²) in [6, 6.07) is 8.24. The molecule has 0 saturated carbocycles. The number of nitrogens with one attached hydrogen (secondary N) is 1. The van der Waals surface area contributed by atoms with E-state index in [1.54, 1.807) is 0 Å². The van der Waals surface area contributed by atoms with Crippen molar-refractivity contribution in [1.82, 2.24) is 10.2 Å². The number of aryl methyl sites for hydroxylation is 1. The average molecular weight is 269 g/mol. The fourth-order valence-corrected chi connectivity index (χ4v) is 2.36. The summed E-state index contributed by atoms with van der Waals surface area (Å²) in [6.45, 7) is 4.01. The van der Waals surface area contributed by atoms with Gasteiger partial charge in [0, 0.05) is 25.2 Å². The Hall–Kier alpha value is -1.06. The lowest BCUT2D eigenvalue weighted by Gasteiger charge is -2.24. The Kier molecular flexibility index (Phi) is 5.63. The van der Waals surface area contributed by atoms with Crippen molar-refractivity contribution in [2.75, 3.05) is 20.1 Å². The van der Waals surface area contributed by atoms with Gasteiger partial charge in [-0.05, 0) is 31.0 Å². The van der Waals surface area contributed by atoms with Crippen LogP contribution in [0.4, 0.5) is 0 Å². The molecule has 1 aliphatic rings. The Morgan fingerprint density at radius 2 is 2.17 bits per heavy atom. The van der Waals surface area contributed by atoms with Gasteiger partial charge in [0.05, 0.1) is 0 Å². The van der Waals surface area contributed by atoms with Crippen LogP contribution < -0.4 is 5.32 Å². The predicted molar refractivity (Wildman–Crippen MR) is 76.4 cm³/mol. The Bertz CT molecular complexity index is 403. The maximum atomic E-state index is 12.4. The van der Waals surface area contributed by atoms with E-state index < -0.39 is 0 Å². The maximum absolute atomic E-state index is 12.4. The van der Waals surface area contributed by atoms with Crippen molar-refractivity contribution in [2.45, 2.75) is 25.8 Å². The lowest BCUT2D eigenvalue weighted by atomic mass is 10.0. The lowest BCUT2D eigenvalue weighted by molar-refractivity contribution is 0.0742. The molecule has 1 aromatic carbocycles. The zero-order valence-corrected chi connectivity index (χ0v) is 11.8. The van der Waals surface area contributed by atoms with E-state index in [4.69, 9.17) is 0 Å². The van der Waals surface area contributed by atoms with Gasteiger partial charge in [-0.3, -0.25) is 4.79 Å². The van der Waals surface area contributed by atoms with Gasteiger partial charge in [-0.1, -0.05) is 25.1 Å². The second kappa shape index (κ2) is 6.76. The summed E-state index contributed by atoms with van der Waals surface area (Å²) in [5.41, 5.74) is 1.99. The highest BCUT2D eigenvalue weighted by Gasteiger charge is 2.24. The molecule has 1 atom stereocenters. The van der Waals surface area contributed by atoms with E-state index in [-0.39, 0.29) is 18.3 Å². The molecule has 1 saturated heterocycles. The molecule has 0 aromatic heterocycles. The van der Waals surface area contributed by atoms with Gasteiger partial charge in [0.2, 0.25) is 0 Å². The number of carbonyl (C=O) groups excluding carboxylic acids is 1. The smallest absolute Gasteiger partial charge is 0.254 e. The van der Waals surface area contributed by atoms with Crippen LogP contribution in [0.15, 0.2) is 24.3 Å². The Morgan fingerprint density at radius 1 is 1.44 bits per heavy atom. The lowest BCUT2D eigenvalue weighted by Crippen LogP contribution is -2.38. The number of rotatable bonds is 3. The minimum atomic E-state index is 0. The van der Waals surface area contributed by atoms with Crippen molar-refractivity contribution in [3.05, 3.63) is 35.4 Å². The quantitative estimate of drug-likeness (QED) is 0.911. The molecule has 1 unspecified atom stereocenters. The number of carbonyl (C=O) groups is 1. The van der Waals surface area contributed by atoms with Crippen LogP contribution in [0.1, 0.15) is 29.3 Å². The molecule has 1 N–H and O–H groups in total. The predicted octanol–water partition coefficient (Wildman–Crippen LogP) is 2.10. The zero-order valence-electron chi connectivity index (χ0n) is 11.0. The van der Waals surface area contributed by atoms with E-state index in [1.165, 1.54) is 0 Å². The van der Waals surface area contributed by atoms with Crippen molar-refractivity contribution in [2.24, 2.45) is 0 Å². The van der Waals surface area contributed by atoms with Crippen LogP contribution in [0.2, 0.25) is 0 Å². The molecule has 18 heavy (non-hydrogen) atoms. The first-order chi connectivity index (χ1) is 8.24. The Balaban J connectivity index is 0.00000162. The molecular weight excluding hydrogens is 248 g/mol. The van der Waals surface area contributed by atoms with Crippen molar-refractivity contribution in [3.8, 4) is 0 Å². The highest BCUT2D eigenvalue weighted by molar-refractivity contribution is 5.95. The molecule has 0 radical (unpaired) electrons. The highest BCUT2D eigenvalue weighted by atomic mass is 35.5. The summed E-state index contributed by atoms with van der Waals surface area (Å²) in [6.07, 6.45) is 1.95. The van der Waals surface area contributed by atoms with Crippen LogP contribution in [0.3, 0.4) is 0 Å². The van der Waals surface area contributed by atoms with Crippen molar-refractivity contribution < 1.29 is 4.79 Å². The first-order valence-corrected chi connectivity index (χ1v) is 6.29. The second-order valence-corrected chi connectivity index (χ2v) is 4.57. The van der Waals surface area contributed by atoms with Gasteiger partial charge >= 0.3 is 0 Å². The zero-order chi connectivity index (χ0) is 12.3. The van der Waals surface area contributed by atoms with Gasteiger partial charge in [0.25, 0.3) is 5.91 Å². The van der Waals surface area contributed by atoms with Crippen molar-refractivity contribution in [3.63, 3.8) is 0 Å². The monoisotopic (exact) mass is 268 g/mol. The topological polar surface area (TPSA) is 32.3 Å². The maximum Gasteiger partial charge on any atom is 0.254 e. The summed E-state index contributed by atoms with van der Waals surface area (Å²) in [5.74, 6) is 0.149. The molecular formula is C14H21ClN2O. The molecule has 1 fully saturated rings. The minimum absolute atomic E-state index is 0. The first-order valence-electron chi connectivity index (χ1n) is 6.29. The van der Waals surface area contributed by atoms with E-state index in [1.807, 2.05) is 36.2 Å². The fraction of sp³-hybridized carbons (Fsp3) is 0.500. The van der Waals surface area contributed by atoms with E-state index in [0.717, 1.165) is 37.1 Å². The summed E-state index contributed by atoms with van der Waals surface area (Å²) in [5, 5.41) is 3.29. The summed E-state index contributed by atoms with van der Waals surface area (Å²) >= 11 is 0. The number of likely N-dealkylation sites (N-methyl/N-ethyl adjacent to an activating group) is 1. The molecule has 0 spiro atoms. The van der Waals surface area contributed by atoms with Gasteiger partial charge in [0.1, 0.15) is 0 Å². The molecule has 0 aliphatic carbocycles. The number of benzene rings is 1. The summed E-state index contributed by atoms with van der Waals surface area (Å²) < 4.78 is 0. The average Bonchev–Trinajstić information content (AvgIpc) is 2.90. The minimum Gasteiger partial charge on any atom is -0.337 e. The third-order valence-electron chi connectivity index (χ3n) is 3.53. The normalized spacial score (nSPS) is 18.2. The third kappa shape index (κ3) is 3.03. The second-order valence-electron chi connectivity index (χ2n) is 4.57. The number of amides is 1. The largest absolute Gasteiger partial charge is 0.337 e. The Morgan fingerprint density at radius 3 is 2.78 bits per heavy atom. The van der Waals surface area contributed by atoms with E-state index in [0.29, 0.717) is 6.04 Å². The van der Waals surface area contributed by atoms with Gasteiger partial charge in [-0.15, -0.1) is 12.4 Å². The van der Waals surface area contributed by atoms with E-state index in [2.05, 4.69) is 12.2 Å². The molecule has 100 valence electrons. The molecule has 4 heteroatoms. The first kappa shape index (κ1) is 15.0. The fourth-order valence-electron chi connectivity index (χ4n) is 2.36. The molecule has 0 bridgehead atoms. The third-order valence-corrected chi connectivity index (χ3v) is 3.53. The number of hydrogen-bond acceptors (Lipinski definition) is 2. The molecule has 1 aromatic rings. The molecule has 1 aliphatic heterocycles. The summed E-state index contributed by atoms with van der Waals surface area (Å²) in [4.78, 5) is 14.3. The highest BCUT2D eigenvalue weighted by Crippen LogP contribution is 2.15. The number of halogens is 1. The van der Waals surface area contributed by atoms with Crippen LogP contribution in [0, 0.1) is 0 Å². The van der Waals surface area contributed by atoms with Crippen molar-refractivity contribution in [1.29, 1.82) is 0 Å². The molecule has 2 rings (SSSR count). The van der Waals surface area contributed by atoms with Gasteiger partial charge in [-0.2, -0.15) is 0 Å². The van der Waals surface area contributed by atoms with Crippen molar-refractivity contribution >= 4 is 18.3 Å². The van der Waals surface area contributed by atoms with Gasteiger partial charge < -0.3 is 10.2 Å². The van der Waals surface area contributed by atoms with Crippen LogP contribution >= 0.6 is 12.4 Å². The van der Waals surface area contributed by atoms with E-state index >= 15 is 0 Å². The summed E-state index contributed by atoms with van der Waals surface area (Å²) in [7, 11) is 1.91. The molecule has 1 heterocycles. The SMILES string of the molecule is CCc1ccccc1C(=O)N(C)C1CCNC1.Cl. The molecule has 3 nitrogen and oxygen atoms in total.